The Balaban J connectivity index is 0.933. The number of alkyl carbamates (subject to hydrolysis) is 3. The predicted molar refractivity (Wildman–Crippen MR) is 273 cm³/mol. The van der Waals surface area contributed by atoms with E-state index in [0.717, 1.165) is 43.8 Å². The number of guanidine groups is 1. The molecule has 8 rings (SSSR count). The van der Waals surface area contributed by atoms with E-state index >= 15 is 0 Å². The topological polar surface area (TPSA) is 279 Å². The molecule has 0 spiro atoms. The molecule has 0 atom stereocenters. The first-order chi connectivity index (χ1) is 36.6. The summed E-state index contributed by atoms with van der Waals surface area (Å²) in [5.74, 6) is -2.60. The van der Waals surface area contributed by atoms with Gasteiger partial charge in [-0.1, -0.05) is 140 Å². The summed E-state index contributed by atoms with van der Waals surface area (Å²) in [7, 11) is 0. The number of benzene rings is 5. The van der Waals surface area contributed by atoms with Crippen LogP contribution in [0.2, 0.25) is 0 Å². The van der Waals surface area contributed by atoms with Crippen LogP contribution in [0.1, 0.15) is 33.7 Å². The summed E-state index contributed by atoms with van der Waals surface area (Å²) in [6.45, 7) is -1.73. The maximum Gasteiger partial charge on any atom is 0.414 e. The number of aliphatic carboxylic acids is 1. The summed E-state index contributed by atoms with van der Waals surface area (Å²) in [5.41, 5.74) is 6.51. The Bertz CT molecular complexity index is 3050. The number of carboxylic acids is 1. The first-order valence-corrected chi connectivity index (χ1v) is 23.6. The lowest BCUT2D eigenvalue weighted by Gasteiger charge is -2.21. The number of ether oxygens (including phenoxy) is 4. The highest BCUT2D eigenvalue weighted by molar-refractivity contribution is 6.01. The zero-order chi connectivity index (χ0) is 52.4. The Morgan fingerprint density at radius 2 is 1.16 bits per heavy atom. The molecule has 2 heterocycles. The summed E-state index contributed by atoms with van der Waals surface area (Å²) in [6, 6.07) is 42.7. The fraction of sp³-hybridized carbons (Fsp3) is 0.208. The van der Waals surface area contributed by atoms with Gasteiger partial charge in [-0.05, 0) is 38.9 Å². The second-order valence-corrected chi connectivity index (χ2v) is 16.6. The molecule has 5 amide bonds. The Hall–Kier alpha value is -9.86. The van der Waals surface area contributed by atoms with Crippen LogP contribution in [-0.2, 0) is 54.9 Å². The van der Waals surface area contributed by atoms with Gasteiger partial charge in [0.25, 0.3) is 0 Å². The molecule has 75 heavy (non-hydrogen) atoms. The molecule has 22 nitrogen and oxygen atoms in total. The van der Waals surface area contributed by atoms with Crippen molar-refractivity contribution >= 4 is 65.1 Å². The SMILES string of the molecule is O=C(O)CN(CCNC(=O)OCC1c2ccccc2-c2ccccc21)C(=O)Cn1cnc2c(NC(=O)OCc3ccccc3)nc(NCCN=C(NC(=O)OCc3ccccc3)NC(=O)OCc3ccccc3)nc21. The van der Waals surface area contributed by atoms with E-state index < -0.39 is 49.3 Å². The number of aromatic nitrogens is 4. The highest BCUT2D eigenvalue weighted by Crippen LogP contribution is 2.44. The lowest BCUT2D eigenvalue weighted by Crippen LogP contribution is -2.44. The lowest BCUT2D eigenvalue weighted by atomic mass is 9.98. The molecular weight excluding hydrogens is 967 g/mol. The van der Waals surface area contributed by atoms with Crippen molar-refractivity contribution in [2.75, 3.05) is 50.0 Å². The lowest BCUT2D eigenvalue weighted by molar-refractivity contribution is -0.144. The molecule has 384 valence electrons. The summed E-state index contributed by atoms with van der Waals surface area (Å²) in [4.78, 5) is 96.3. The Labute approximate surface area is 429 Å². The monoisotopic (exact) mass is 1020 g/mol. The molecule has 2 aromatic heterocycles. The van der Waals surface area contributed by atoms with Crippen molar-refractivity contribution in [3.05, 3.63) is 174 Å². The maximum atomic E-state index is 13.8. The molecule has 0 aliphatic heterocycles. The number of carboxylic acid groups (broad SMARTS) is 1. The number of anilines is 2. The van der Waals surface area contributed by atoms with Crippen molar-refractivity contribution in [2.24, 2.45) is 4.99 Å². The highest BCUT2D eigenvalue weighted by atomic mass is 16.6. The summed E-state index contributed by atoms with van der Waals surface area (Å²) >= 11 is 0. The van der Waals surface area contributed by atoms with Crippen molar-refractivity contribution in [1.82, 2.24) is 40.4 Å². The van der Waals surface area contributed by atoms with Gasteiger partial charge < -0.3 is 44.2 Å². The van der Waals surface area contributed by atoms with Crippen LogP contribution in [0.25, 0.3) is 22.3 Å². The number of imidazole rings is 1. The average Bonchev–Trinajstić information content (AvgIpc) is 3.98. The van der Waals surface area contributed by atoms with Crippen LogP contribution in [0.15, 0.2) is 151 Å². The average molecular weight is 1020 g/mol. The molecule has 5 aromatic carbocycles. The number of nitrogens with zero attached hydrogens (tertiary/aromatic N) is 6. The number of aliphatic imine (C=N–C) groups is 1. The van der Waals surface area contributed by atoms with Gasteiger partial charge in [0, 0.05) is 25.6 Å². The van der Waals surface area contributed by atoms with Gasteiger partial charge >= 0.3 is 30.3 Å². The standard InChI is InChI=1S/C53H51N11O11/c65-43(63(29-44(66)67)27-26-56-50(68)75-33-42-40-22-12-10-20-38(40)39-21-11-13-23-41(39)42)28-64-34-57-45-46(59-51(69)72-30-35-14-4-1-5-15-35)58-48(60-47(45)64)54-24-25-55-49(61-52(70)73-31-36-16-6-2-7-17-36)62-53(71)74-32-37-18-8-3-9-19-37/h1-23,34,42H,24-33H2,(H,56,68)(H,66,67)(H2,54,58,59,60,69)(H2,55,61,62,70,71). The number of amides is 5. The number of carbonyl (C=O) groups excluding carboxylic acids is 5. The van der Waals surface area contributed by atoms with Crippen LogP contribution < -0.4 is 26.6 Å². The summed E-state index contributed by atoms with van der Waals surface area (Å²) < 4.78 is 23.0. The fourth-order valence-corrected chi connectivity index (χ4v) is 7.88. The number of hydrogen-bond acceptors (Lipinski definition) is 15. The molecule has 6 N–H and O–H groups in total. The van der Waals surface area contributed by atoms with Crippen molar-refractivity contribution in [2.45, 2.75) is 32.3 Å². The molecule has 1 aliphatic carbocycles. The van der Waals surface area contributed by atoms with Gasteiger partial charge in [-0.25, -0.2) is 24.2 Å². The minimum Gasteiger partial charge on any atom is -0.480 e. The first-order valence-electron chi connectivity index (χ1n) is 23.6. The van der Waals surface area contributed by atoms with Crippen LogP contribution in [0.4, 0.5) is 30.9 Å². The third-order valence-corrected chi connectivity index (χ3v) is 11.4. The van der Waals surface area contributed by atoms with Crippen molar-refractivity contribution < 1.29 is 52.8 Å². The highest BCUT2D eigenvalue weighted by Gasteiger charge is 2.29. The Morgan fingerprint density at radius 3 is 1.72 bits per heavy atom. The van der Waals surface area contributed by atoms with Gasteiger partial charge in [0.1, 0.15) is 39.5 Å². The molecule has 0 saturated heterocycles. The van der Waals surface area contributed by atoms with E-state index in [1.54, 1.807) is 72.8 Å². The van der Waals surface area contributed by atoms with Gasteiger partial charge in [0.15, 0.2) is 17.0 Å². The quantitative estimate of drug-likeness (QED) is 0.0202. The molecule has 7 aromatic rings. The van der Waals surface area contributed by atoms with Crippen LogP contribution in [0, 0.1) is 0 Å². The zero-order valence-electron chi connectivity index (χ0n) is 40.2. The number of carbonyl (C=O) groups is 6. The molecule has 0 saturated carbocycles. The van der Waals surface area contributed by atoms with Crippen molar-refractivity contribution in [3.8, 4) is 11.1 Å². The van der Waals surface area contributed by atoms with Crippen molar-refractivity contribution in [3.63, 3.8) is 0 Å². The number of hydrogen-bond donors (Lipinski definition) is 6. The molecule has 0 bridgehead atoms. The maximum absolute atomic E-state index is 13.8. The predicted octanol–water partition coefficient (Wildman–Crippen LogP) is 6.65. The van der Waals surface area contributed by atoms with Gasteiger partial charge in [0.05, 0.1) is 12.9 Å². The number of nitrogens with one attached hydrogen (secondary N) is 5. The second kappa shape index (κ2) is 25.5. The largest absolute Gasteiger partial charge is 0.480 e. The van der Waals surface area contributed by atoms with Crippen LogP contribution in [0.3, 0.4) is 0 Å². The first kappa shape index (κ1) is 51.5. The molecular formula is C53H51N11O11. The molecule has 0 unspecified atom stereocenters. The smallest absolute Gasteiger partial charge is 0.414 e. The van der Waals surface area contributed by atoms with E-state index in [0.29, 0.717) is 0 Å². The van der Waals surface area contributed by atoms with Gasteiger partial charge in [0.2, 0.25) is 17.8 Å². The van der Waals surface area contributed by atoms with E-state index in [1.807, 2.05) is 66.7 Å². The van der Waals surface area contributed by atoms with E-state index in [9.17, 15) is 33.9 Å². The Kier molecular flexibility index (Phi) is 17.5. The van der Waals surface area contributed by atoms with E-state index in [2.05, 4.69) is 46.5 Å². The normalized spacial score (nSPS) is 11.3. The van der Waals surface area contributed by atoms with Crippen LogP contribution >= 0.6 is 0 Å². The van der Waals surface area contributed by atoms with Crippen LogP contribution in [0.5, 0.6) is 0 Å². The van der Waals surface area contributed by atoms with Gasteiger partial charge in [-0.15, -0.1) is 0 Å². The molecule has 1 aliphatic rings. The van der Waals surface area contributed by atoms with Gasteiger partial charge in [-0.2, -0.15) is 9.97 Å². The summed E-state index contributed by atoms with van der Waals surface area (Å²) in [5, 5.41) is 22.8. The zero-order valence-corrected chi connectivity index (χ0v) is 40.2. The third kappa shape index (κ3) is 14.6. The number of rotatable bonds is 20. The van der Waals surface area contributed by atoms with E-state index in [4.69, 9.17) is 18.9 Å². The molecule has 0 radical (unpaired) electrons. The third-order valence-electron chi connectivity index (χ3n) is 11.4. The van der Waals surface area contributed by atoms with E-state index in [-0.39, 0.29) is 87.4 Å². The minimum absolute atomic E-state index is 0.0233. The number of fused-ring (bicyclic) bond motifs is 4. The Morgan fingerprint density at radius 1 is 0.627 bits per heavy atom. The molecule has 22 heteroatoms. The fourth-order valence-electron chi connectivity index (χ4n) is 7.88. The molecule has 0 fully saturated rings. The summed E-state index contributed by atoms with van der Waals surface area (Å²) in [6.07, 6.45) is -2.16. The van der Waals surface area contributed by atoms with E-state index in [1.165, 1.54) is 10.9 Å². The minimum atomic E-state index is -1.29. The van der Waals surface area contributed by atoms with Crippen molar-refractivity contribution in [1.29, 1.82) is 0 Å². The second-order valence-electron chi connectivity index (χ2n) is 16.6. The van der Waals surface area contributed by atoms with Gasteiger partial charge in [-0.3, -0.25) is 30.5 Å². The van der Waals surface area contributed by atoms with Crippen LogP contribution in [-0.4, -0.2) is 111 Å².